The molecule has 1 saturated heterocycles. The van der Waals surface area contributed by atoms with E-state index in [-0.39, 0.29) is 11.8 Å². The summed E-state index contributed by atoms with van der Waals surface area (Å²) in [6.45, 7) is 4.94. The number of hydrogen-bond donors (Lipinski definition) is 1. The maximum atomic E-state index is 12.4. The average Bonchev–Trinajstić information content (AvgIpc) is 2.61. The van der Waals surface area contributed by atoms with Gasteiger partial charge in [0.2, 0.25) is 6.41 Å². The van der Waals surface area contributed by atoms with Gasteiger partial charge >= 0.3 is 0 Å². The molecule has 124 valence electrons. The standard InChI is InChI=1S/C17H23N3O3/c1-2-3-8-18-16(22)14-4-6-15(7-5-14)17(23)20-11-9-19(13-21)10-12-20/h4-7,13H,2-3,8-12H2,1H3,(H,18,22). The summed E-state index contributed by atoms with van der Waals surface area (Å²) < 4.78 is 0. The lowest BCUT2D eigenvalue weighted by molar-refractivity contribution is -0.119. The molecule has 1 fully saturated rings. The zero-order valence-electron chi connectivity index (χ0n) is 13.5. The molecule has 0 saturated carbocycles. The molecule has 0 radical (unpaired) electrons. The number of carbonyl (C=O) groups excluding carboxylic acids is 3. The number of hydrogen-bond acceptors (Lipinski definition) is 3. The van der Waals surface area contributed by atoms with E-state index in [4.69, 9.17) is 0 Å². The highest BCUT2D eigenvalue weighted by atomic mass is 16.2. The quantitative estimate of drug-likeness (QED) is 0.632. The normalized spacial score (nSPS) is 14.5. The van der Waals surface area contributed by atoms with Gasteiger partial charge in [0, 0.05) is 43.9 Å². The molecule has 1 aliphatic heterocycles. The molecular formula is C17H23N3O3. The summed E-state index contributed by atoms with van der Waals surface area (Å²) in [6, 6.07) is 6.72. The second-order valence-corrected chi connectivity index (χ2v) is 5.62. The molecule has 0 aliphatic carbocycles. The molecule has 1 N–H and O–H groups in total. The smallest absolute Gasteiger partial charge is 0.253 e. The Hall–Kier alpha value is -2.37. The van der Waals surface area contributed by atoms with Crippen LogP contribution in [0.4, 0.5) is 0 Å². The van der Waals surface area contributed by atoms with Crippen molar-refractivity contribution in [2.45, 2.75) is 19.8 Å². The Labute approximate surface area is 136 Å². The van der Waals surface area contributed by atoms with Crippen molar-refractivity contribution in [3.8, 4) is 0 Å². The second-order valence-electron chi connectivity index (χ2n) is 5.62. The van der Waals surface area contributed by atoms with E-state index in [1.807, 2.05) is 0 Å². The molecule has 6 nitrogen and oxygen atoms in total. The number of piperazine rings is 1. The molecule has 0 atom stereocenters. The van der Waals surface area contributed by atoms with Crippen molar-refractivity contribution in [1.82, 2.24) is 15.1 Å². The van der Waals surface area contributed by atoms with Gasteiger partial charge in [0.05, 0.1) is 0 Å². The number of carbonyl (C=O) groups is 3. The van der Waals surface area contributed by atoms with Crippen LogP contribution in [0, 0.1) is 0 Å². The van der Waals surface area contributed by atoms with Gasteiger partial charge in [-0.3, -0.25) is 14.4 Å². The monoisotopic (exact) mass is 317 g/mol. The fourth-order valence-corrected chi connectivity index (χ4v) is 2.46. The zero-order chi connectivity index (χ0) is 16.7. The van der Waals surface area contributed by atoms with Gasteiger partial charge in [-0.2, -0.15) is 0 Å². The van der Waals surface area contributed by atoms with Crippen LogP contribution in [0.15, 0.2) is 24.3 Å². The summed E-state index contributed by atoms with van der Waals surface area (Å²) in [5.74, 6) is -0.175. The fourth-order valence-electron chi connectivity index (χ4n) is 2.46. The Morgan fingerprint density at radius 3 is 2.26 bits per heavy atom. The first kappa shape index (κ1) is 17.0. The van der Waals surface area contributed by atoms with Crippen LogP contribution in [0.2, 0.25) is 0 Å². The maximum Gasteiger partial charge on any atom is 0.253 e. The van der Waals surface area contributed by atoms with Crippen LogP contribution in [0.3, 0.4) is 0 Å². The topological polar surface area (TPSA) is 69.7 Å². The molecule has 23 heavy (non-hydrogen) atoms. The molecule has 1 aliphatic rings. The average molecular weight is 317 g/mol. The highest BCUT2D eigenvalue weighted by Gasteiger charge is 2.21. The van der Waals surface area contributed by atoms with E-state index in [9.17, 15) is 14.4 Å². The third kappa shape index (κ3) is 4.55. The highest BCUT2D eigenvalue weighted by molar-refractivity contribution is 5.97. The molecule has 0 bridgehead atoms. The van der Waals surface area contributed by atoms with Crippen molar-refractivity contribution in [3.63, 3.8) is 0 Å². The van der Waals surface area contributed by atoms with E-state index in [1.165, 1.54) is 0 Å². The molecule has 0 unspecified atom stereocenters. The molecule has 1 heterocycles. The van der Waals surface area contributed by atoms with Crippen LogP contribution in [0.1, 0.15) is 40.5 Å². The van der Waals surface area contributed by atoms with Crippen molar-refractivity contribution >= 4 is 18.2 Å². The Balaban J connectivity index is 1.92. The number of rotatable bonds is 6. The van der Waals surface area contributed by atoms with Crippen LogP contribution >= 0.6 is 0 Å². The lowest BCUT2D eigenvalue weighted by atomic mass is 10.1. The number of benzene rings is 1. The van der Waals surface area contributed by atoms with Crippen molar-refractivity contribution in [3.05, 3.63) is 35.4 Å². The molecule has 1 aromatic carbocycles. The van der Waals surface area contributed by atoms with E-state index in [1.54, 1.807) is 34.1 Å². The van der Waals surface area contributed by atoms with Gasteiger partial charge in [0.1, 0.15) is 0 Å². The minimum absolute atomic E-state index is 0.0616. The Kier molecular flexibility index (Phi) is 6.14. The Morgan fingerprint density at radius 1 is 1.09 bits per heavy atom. The van der Waals surface area contributed by atoms with Gasteiger partial charge in [0.25, 0.3) is 11.8 Å². The third-order valence-electron chi connectivity index (χ3n) is 3.96. The largest absolute Gasteiger partial charge is 0.352 e. The summed E-state index contributed by atoms with van der Waals surface area (Å²) in [6.07, 6.45) is 2.80. The Bertz CT molecular complexity index is 549. The van der Waals surface area contributed by atoms with Crippen LogP contribution in [-0.2, 0) is 4.79 Å². The summed E-state index contributed by atoms with van der Waals surface area (Å²) in [7, 11) is 0. The fraction of sp³-hybridized carbons (Fsp3) is 0.471. The van der Waals surface area contributed by atoms with Gasteiger partial charge in [-0.25, -0.2) is 0 Å². The van der Waals surface area contributed by atoms with E-state index >= 15 is 0 Å². The van der Waals surface area contributed by atoms with Crippen molar-refractivity contribution < 1.29 is 14.4 Å². The van der Waals surface area contributed by atoms with E-state index in [0.29, 0.717) is 43.9 Å². The van der Waals surface area contributed by atoms with E-state index in [0.717, 1.165) is 19.3 Å². The van der Waals surface area contributed by atoms with Gasteiger partial charge in [-0.05, 0) is 30.7 Å². The van der Waals surface area contributed by atoms with Gasteiger partial charge in [-0.15, -0.1) is 0 Å². The first-order chi connectivity index (χ1) is 11.2. The molecule has 0 spiro atoms. The predicted octanol–water partition coefficient (Wildman–Crippen LogP) is 1.13. The summed E-state index contributed by atoms with van der Waals surface area (Å²) >= 11 is 0. The first-order valence-electron chi connectivity index (χ1n) is 8.02. The first-order valence-corrected chi connectivity index (χ1v) is 8.02. The SMILES string of the molecule is CCCCNC(=O)c1ccc(C(=O)N2CCN(C=O)CC2)cc1. The summed E-state index contributed by atoms with van der Waals surface area (Å²) in [5.41, 5.74) is 1.12. The summed E-state index contributed by atoms with van der Waals surface area (Å²) in [4.78, 5) is 38.4. The molecule has 3 amide bonds. The second kappa shape index (κ2) is 8.31. The van der Waals surface area contributed by atoms with Crippen molar-refractivity contribution in [2.24, 2.45) is 0 Å². The molecular weight excluding hydrogens is 294 g/mol. The summed E-state index contributed by atoms with van der Waals surface area (Å²) in [5, 5.41) is 2.85. The zero-order valence-corrected chi connectivity index (χ0v) is 13.5. The van der Waals surface area contributed by atoms with Crippen LogP contribution in [0.25, 0.3) is 0 Å². The number of amides is 3. The minimum atomic E-state index is -0.114. The highest BCUT2D eigenvalue weighted by Crippen LogP contribution is 2.10. The molecule has 1 aromatic rings. The minimum Gasteiger partial charge on any atom is -0.352 e. The van der Waals surface area contributed by atoms with Gasteiger partial charge in [-0.1, -0.05) is 13.3 Å². The van der Waals surface area contributed by atoms with Gasteiger partial charge < -0.3 is 15.1 Å². The number of unbranched alkanes of at least 4 members (excludes halogenated alkanes) is 1. The number of nitrogens with one attached hydrogen (secondary N) is 1. The van der Waals surface area contributed by atoms with Crippen LogP contribution in [-0.4, -0.2) is 60.7 Å². The lowest BCUT2D eigenvalue weighted by Gasteiger charge is -2.32. The van der Waals surface area contributed by atoms with Crippen molar-refractivity contribution in [1.29, 1.82) is 0 Å². The maximum absolute atomic E-state index is 12.4. The third-order valence-corrected chi connectivity index (χ3v) is 3.96. The molecule has 6 heteroatoms. The van der Waals surface area contributed by atoms with Crippen LogP contribution < -0.4 is 5.32 Å². The predicted molar refractivity (Wildman–Crippen MR) is 87.2 cm³/mol. The van der Waals surface area contributed by atoms with E-state index in [2.05, 4.69) is 12.2 Å². The molecule has 2 rings (SSSR count). The van der Waals surface area contributed by atoms with Crippen molar-refractivity contribution in [2.75, 3.05) is 32.7 Å². The van der Waals surface area contributed by atoms with Crippen LogP contribution in [0.5, 0.6) is 0 Å². The number of nitrogens with zero attached hydrogens (tertiary/aromatic N) is 2. The van der Waals surface area contributed by atoms with Gasteiger partial charge in [0.15, 0.2) is 0 Å². The van der Waals surface area contributed by atoms with E-state index < -0.39 is 0 Å². The molecule has 0 aromatic heterocycles. The Morgan fingerprint density at radius 2 is 1.70 bits per heavy atom. The lowest BCUT2D eigenvalue weighted by Crippen LogP contribution is -2.48.